The highest BCUT2D eigenvalue weighted by molar-refractivity contribution is 5.85. The van der Waals surface area contributed by atoms with Gasteiger partial charge in [0.05, 0.1) is 7.45 Å². The second-order valence-electron chi connectivity index (χ2n) is 5.62. The second-order valence-corrected chi connectivity index (χ2v) is 5.62. The number of rotatable bonds is 1. The number of hydrogen-bond donors (Lipinski definition) is 2. The van der Waals surface area contributed by atoms with Gasteiger partial charge in [-0.2, -0.15) is 0 Å². The van der Waals surface area contributed by atoms with E-state index in [0.29, 0.717) is 11.8 Å². The van der Waals surface area contributed by atoms with Crippen molar-refractivity contribution in [1.29, 1.82) is 0 Å². The van der Waals surface area contributed by atoms with E-state index in [1.54, 1.807) is 0 Å². The first-order valence-corrected chi connectivity index (χ1v) is 6.40. The van der Waals surface area contributed by atoms with Crippen LogP contribution >= 0.6 is 12.4 Å². The predicted molar refractivity (Wildman–Crippen MR) is 72.6 cm³/mol. The fourth-order valence-electron chi connectivity index (χ4n) is 3.94. The van der Waals surface area contributed by atoms with Crippen molar-refractivity contribution < 1.29 is 6.11 Å². The van der Waals surface area contributed by atoms with Gasteiger partial charge >= 0.3 is 0 Å². The molecule has 1 aromatic carbocycles. The van der Waals surface area contributed by atoms with Crippen LogP contribution < -0.4 is 11.3 Å². The zero-order chi connectivity index (χ0) is 12.4. The van der Waals surface area contributed by atoms with Crippen molar-refractivity contribution in [2.24, 2.45) is 5.84 Å². The summed E-state index contributed by atoms with van der Waals surface area (Å²) in [7, 11) is 0. The Kier molecular flexibility index (Phi) is 2.62. The van der Waals surface area contributed by atoms with Crippen LogP contribution in [0, 0.1) is 0 Å². The third-order valence-electron chi connectivity index (χ3n) is 4.58. The van der Waals surface area contributed by atoms with Crippen LogP contribution in [0.1, 0.15) is 50.0 Å². The minimum Gasteiger partial charge on any atom is -0.356 e. The number of hydrazine groups is 1. The highest BCUT2D eigenvalue weighted by atomic mass is 35.5. The third kappa shape index (κ3) is 1.62. The molecule has 0 aromatic heterocycles. The first-order chi connectivity index (χ1) is 8.63. The smallest absolute Gasteiger partial charge is 0.132 e. The summed E-state index contributed by atoms with van der Waals surface area (Å²) in [6.45, 7) is 0. The van der Waals surface area contributed by atoms with Gasteiger partial charge < -0.3 is 4.74 Å². The van der Waals surface area contributed by atoms with E-state index in [-0.39, 0.29) is 12.4 Å². The predicted octanol–water partition coefficient (Wildman–Crippen LogP) is 2.42. The zero-order valence-corrected chi connectivity index (χ0v) is 11.0. The highest BCUT2D eigenvalue weighted by Crippen LogP contribution is 2.54. The highest BCUT2D eigenvalue weighted by Gasteiger charge is 2.50. The Morgan fingerprint density at radius 1 is 1.22 bits per heavy atom. The van der Waals surface area contributed by atoms with Crippen molar-refractivity contribution in [3.63, 3.8) is 0 Å². The molecule has 4 heteroatoms. The van der Waals surface area contributed by atoms with Crippen molar-refractivity contribution in [3.05, 3.63) is 35.4 Å². The molecular formula is C14H19ClN2O. The van der Waals surface area contributed by atoms with Gasteiger partial charge in [-0.3, -0.25) is 5.84 Å². The van der Waals surface area contributed by atoms with E-state index in [4.69, 9.17) is 12.0 Å². The molecule has 18 heavy (non-hydrogen) atoms. The van der Waals surface area contributed by atoms with Gasteiger partial charge in [0.2, 0.25) is 0 Å². The van der Waals surface area contributed by atoms with Gasteiger partial charge in [-0.25, -0.2) is 5.43 Å². The Balaban J connectivity index is 0.00000110. The maximum absolute atomic E-state index is 8.54. The molecule has 3 N–H and O–H groups in total. The van der Waals surface area contributed by atoms with E-state index in [2.05, 4.69) is 29.7 Å². The monoisotopic (exact) mass is 267 g/mol. The summed E-state index contributed by atoms with van der Waals surface area (Å²) in [5, 5.41) is 0. The largest absolute Gasteiger partial charge is 0.356 e. The van der Waals surface area contributed by atoms with Crippen LogP contribution in [0.25, 0.3) is 0 Å². The Morgan fingerprint density at radius 3 is 2.28 bits per heavy atom. The molecule has 0 amide bonds. The van der Waals surface area contributed by atoms with Crippen LogP contribution in [0.15, 0.2) is 24.3 Å². The average Bonchev–Trinajstić information content (AvgIpc) is 2.50. The standard InChI is InChI=1S/C14H18N2O.ClH/c15-16-14-7-9-5-11(17-14)6-10(8-14)13-4-2-1-3-12(9)13;/h1-4,9-11,16H,5-8,15H2;1H/i11D;. The zero-order valence-electron chi connectivity index (χ0n) is 11.2. The summed E-state index contributed by atoms with van der Waals surface area (Å²) in [5.74, 6) is 6.53. The Bertz CT molecular complexity index is 475. The van der Waals surface area contributed by atoms with Gasteiger partial charge in [0.15, 0.2) is 0 Å². The van der Waals surface area contributed by atoms with E-state index in [1.807, 2.05) is 0 Å². The summed E-state index contributed by atoms with van der Waals surface area (Å²) in [6.07, 6.45) is 2.60. The number of benzene rings is 1. The molecule has 2 fully saturated rings. The van der Waals surface area contributed by atoms with Gasteiger partial charge in [0.1, 0.15) is 5.72 Å². The lowest BCUT2D eigenvalue weighted by Crippen LogP contribution is -2.59. The summed E-state index contributed by atoms with van der Waals surface area (Å²) in [4.78, 5) is 0. The van der Waals surface area contributed by atoms with Crippen LogP contribution in [0.3, 0.4) is 0 Å². The Labute approximate surface area is 115 Å². The van der Waals surface area contributed by atoms with E-state index in [9.17, 15) is 0 Å². The molecule has 2 heterocycles. The Morgan fingerprint density at radius 2 is 1.78 bits per heavy atom. The van der Waals surface area contributed by atoms with Gasteiger partial charge in [0.25, 0.3) is 0 Å². The second kappa shape index (κ2) is 4.20. The lowest BCUT2D eigenvalue weighted by atomic mass is 9.79. The van der Waals surface area contributed by atoms with Gasteiger partial charge in [-0.1, -0.05) is 24.3 Å². The minimum atomic E-state index is -0.767. The van der Waals surface area contributed by atoms with Gasteiger partial charge in [0, 0.05) is 0 Å². The van der Waals surface area contributed by atoms with Gasteiger partial charge in [-0.05, 0) is 48.6 Å². The molecule has 0 spiro atoms. The van der Waals surface area contributed by atoms with E-state index in [0.717, 1.165) is 25.7 Å². The minimum absolute atomic E-state index is 0. The topological polar surface area (TPSA) is 47.3 Å². The maximum Gasteiger partial charge on any atom is 0.132 e. The summed E-state index contributed by atoms with van der Waals surface area (Å²) in [6, 6.07) is 8.64. The molecule has 2 atom stereocenters. The van der Waals surface area contributed by atoms with E-state index >= 15 is 0 Å². The molecule has 4 aliphatic rings. The summed E-state index contributed by atoms with van der Waals surface area (Å²) in [5.41, 5.74) is 5.20. The fraction of sp³-hybridized carbons (Fsp3) is 0.571. The summed E-state index contributed by atoms with van der Waals surface area (Å²) < 4.78 is 14.5. The molecular weight excluding hydrogens is 248 g/mol. The van der Waals surface area contributed by atoms with E-state index in [1.165, 1.54) is 11.1 Å². The van der Waals surface area contributed by atoms with Crippen molar-refractivity contribution in [2.45, 2.75) is 49.3 Å². The molecule has 2 aliphatic heterocycles. The van der Waals surface area contributed by atoms with Crippen LogP contribution in [0.2, 0.25) is 0 Å². The number of halogens is 1. The first-order valence-electron chi connectivity index (χ1n) is 6.90. The van der Waals surface area contributed by atoms with Crippen LogP contribution in [-0.4, -0.2) is 11.8 Å². The molecule has 1 aromatic rings. The van der Waals surface area contributed by atoms with Crippen LogP contribution in [0.4, 0.5) is 0 Å². The first kappa shape index (κ1) is 11.2. The number of nitrogens with one attached hydrogen (secondary N) is 1. The molecule has 2 saturated heterocycles. The SMILES string of the molecule is Cl.[2H]C12CC3CC(NN)(CC(C1)c1ccccc13)O2. The third-order valence-corrected chi connectivity index (χ3v) is 4.58. The van der Waals surface area contributed by atoms with Crippen molar-refractivity contribution >= 4 is 12.4 Å². The molecule has 98 valence electrons. The number of hydrogen-bond acceptors (Lipinski definition) is 3. The van der Waals surface area contributed by atoms with Crippen molar-refractivity contribution in [2.75, 3.05) is 0 Å². The Hall–Kier alpha value is -0.610. The maximum atomic E-state index is 8.54. The normalized spacial score (nSPS) is 44.8. The number of nitrogens with two attached hydrogens (primary N) is 1. The molecule has 2 aliphatic carbocycles. The molecule has 0 radical (unpaired) electrons. The average molecular weight is 268 g/mol. The molecule has 0 saturated carbocycles. The van der Waals surface area contributed by atoms with Gasteiger partial charge in [-0.15, -0.1) is 12.4 Å². The number of ether oxygens (including phenoxy) is 1. The molecule has 4 bridgehead atoms. The summed E-state index contributed by atoms with van der Waals surface area (Å²) >= 11 is 0. The lowest BCUT2D eigenvalue weighted by molar-refractivity contribution is -0.184. The lowest BCUT2D eigenvalue weighted by Gasteiger charge is -2.47. The van der Waals surface area contributed by atoms with Crippen molar-refractivity contribution in [3.8, 4) is 0 Å². The molecule has 5 rings (SSSR count). The van der Waals surface area contributed by atoms with Crippen LogP contribution in [-0.2, 0) is 4.74 Å². The van der Waals surface area contributed by atoms with Crippen LogP contribution in [0.5, 0.6) is 0 Å². The quantitative estimate of drug-likeness (QED) is 0.607. The van der Waals surface area contributed by atoms with E-state index < -0.39 is 11.8 Å². The fourth-order valence-corrected chi connectivity index (χ4v) is 3.94. The molecule has 2 unspecified atom stereocenters. The van der Waals surface area contributed by atoms with Crippen molar-refractivity contribution in [1.82, 2.24) is 5.43 Å². The molecule has 3 nitrogen and oxygen atoms in total.